The van der Waals surface area contributed by atoms with E-state index < -0.39 is 0 Å². The van der Waals surface area contributed by atoms with Gasteiger partial charge in [-0.2, -0.15) is 0 Å². The fourth-order valence-electron chi connectivity index (χ4n) is 5.26. The second-order valence-corrected chi connectivity index (χ2v) is 8.66. The lowest BCUT2D eigenvalue weighted by molar-refractivity contribution is -0.120. The Labute approximate surface area is 170 Å². The molecule has 1 N–H and O–H groups in total. The van der Waals surface area contributed by atoms with Crippen LogP contribution in [0.3, 0.4) is 0 Å². The number of rotatable bonds is 3. The Balaban J connectivity index is 1.37. The van der Waals surface area contributed by atoms with Crippen LogP contribution in [0.1, 0.15) is 50.1 Å². The minimum Gasteiger partial charge on any atom is -0.340 e. The van der Waals surface area contributed by atoms with E-state index >= 15 is 0 Å². The van der Waals surface area contributed by atoms with Crippen molar-refractivity contribution in [2.24, 2.45) is 11.8 Å². The number of fused-ring (bicyclic) bond motifs is 4. The van der Waals surface area contributed by atoms with Crippen molar-refractivity contribution in [3.8, 4) is 0 Å². The molecular formula is C22H27N5O2. The van der Waals surface area contributed by atoms with Gasteiger partial charge in [0.25, 0.3) is 5.56 Å². The molecule has 0 aromatic carbocycles. The van der Waals surface area contributed by atoms with Crippen molar-refractivity contribution in [1.82, 2.24) is 14.5 Å². The molecule has 2 atom stereocenters. The number of hydrogen-bond acceptors (Lipinski definition) is 5. The molecule has 29 heavy (non-hydrogen) atoms. The van der Waals surface area contributed by atoms with E-state index in [1.54, 1.807) is 18.5 Å². The quantitative estimate of drug-likeness (QED) is 0.867. The van der Waals surface area contributed by atoms with Gasteiger partial charge in [-0.15, -0.1) is 0 Å². The van der Waals surface area contributed by atoms with E-state index in [0.717, 1.165) is 56.8 Å². The number of nitrogens with zero attached hydrogens (tertiary/aromatic N) is 4. The van der Waals surface area contributed by atoms with Gasteiger partial charge in [0.05, 0.1) is 0 Å². The maximum atomic E-state index is 13.1. The van der Waals surface area contributed by atoms with Crippen LogP contribution in [0.5, 0.6) is 0 Å². The number of anilines is 2. The fourth-order valence-corrected chi connectivity index (χ4v) is 5.26. The van der Waals surface area contributed by atoms with Gasteiger partial charge < -0.3 is 14.8 Å². The van der Waals surface area contributed by atoms with E-state index in [0.29, 0.717) is 18.2 Å². The Kier molecular flexibility index (Phi) is 4.81. The van der Waals surface area contributed by atoms with Crippen molar-refractivity contribution in [2.45, 2.75) is 51.0 Å². The predicted molar refractivity (Wildman–Crippen MR) is 111 cm³/mol. The summed E-state index contributed by atoms with van der Waals surface area (Å²) in [5.74, 6) is 1.47. The van der Waals surface area contributed by atoms with Gasteiger partial charge in [0.2, 0.25) is 11.9 Å². The van der Waals surface area contributed by atoms with Crippen molar-refractivity contribution in [3.63, 3.8) is 0 Å². The Morgan fingerprint density at radius 1 is 1.03 bits per heavy atom. The van der Waals surface area contributed by atoms with Crippen LogP contribution in [0, 0.1) is 11.8 Å². The molecule has 3 aliphatic rings. The number of hydrogen-bond donors (Lipinski definition) is 1. The van der Waals surface area contributed by atoms with Crippen LogP contribution in [0.2, 0.25) is 0 Å². The van der Waals surface area contributed by atoms with Crippen molar-refractivity contribution in [1.29, 1.82) is 0 Å². The standard InChI is InChI=1S/C22H27N5O2/c28-20(16-5-2-1-3-6-16)25-18-7-8-19-17-11-15(13-27(19)21(18)29)12-26(14-17)22-23-9-4-10-24-22/h4,7-10,15-17H,1-3,5-6,11-14H2,(H,25,28)/t15-,17+/m0/s1. The summed E-state index contributed by atoms with van der Waals surface area (Å²) >= 11 is 0. The molecule has 1 saturated heterocycles. The van der Waals surface area contributed by atoms with E-state index in [4.69, 9.17) is 0 Å². The van der Waals surface area contributed by atoms with Crippen LogP contribution >= 0.6 is 0 Å². The normalized spacial score (nSPS) is 24.1. The highest BCUT2D eigenvalue weighted by Crippen LogP contribution is 2.36. The first-order valence-corrected chi connectivity index (χ1v) is 10.8. The van der Waals surface area contributed by atoms with Crippen LogP contribution in [0.4, 0.5) is 11.6 Å². The van der Waals surface area contributed by atoms with Gasteiger partial charge in [-0.05, 0) is 43.4 Å². The molecule has 2 aliphatic heterocycles. The molecule has 4 heterocycles. The largest absolute Gasteiger partial charge is 0.340 e. The van der Waals surface area contributed by atoms with E-state index in [9.17, 15) is 9.59 Å². The monoisotopic (exact) mass is 393 g/mol. The van der Waals surface area contributed by atoms with E-state index in [2.05, 4.69) is 20.2 Å². The maximum absolute atomic E-state index is 13.1. The minimum absolute atomic E-state index is 0.00533. The third-order valence-corrected chi connectivity index (χ3v) is 6.67. The van der Waals surface area contributed by atoms with Crippen LogP contribution in [-0.2, 0) is 11.3 Å². The van der Waals surface area contributed by atoms with E-state index in [-0.39, 0.29) is 23.3 Å². The molecule has 1 amide bonds. The summed E-state index contributed by atoms with van der Waals surface area (Å²) < 4.78 is 1.89. The molecule has 0 unspecified atom stereocenters. The SMILES string of the molecule is O=C(Nc1ccc2n(c1=O)C[C@H]1C[C@@H]2CN(c2ncccn2)C1)C1CCCCC1. The minimum atomic E-state index is -0.0641. The Bertz CT molecular complexity index is 951. The zero-order chi connectivity index (χ0) is 19.8. The third-order valence-electron chi connectivity index (χ3n) is 6.67. The van der Waals surface area contributed by atoms with Crippen LogP contribution in [-0.4, -0.2) is 33.5 Å². The molecule has 1 aliphatic carbocycles. The number of piperidine rings is 1. The zero-order valence-corrected chi connectivity index (χ0v) is 16.6. The molecule has 0 spiro atoms. The first kappa shape index (κ1) is 18.3. The van der Waals surface area contributed by atoms with Crippen LogP contribution in [0.15, 0.2) is 35.4 Å². The average Bonchev–Trinajstić information content (AvgIpc) is 2.77. The summed E-state index contributed by atoms with van der Waals surface area (Å²) in [6.45, 7) is 2.35. The summed E-state index contributed by atoms with van der Waals surface area (Å²) in [6.07, 6.45) is 9.90. The molecule has 2 aromatic rings. The number of amides is 1. The first-order valence-electron chi connectivity index (χ1n) is 10.8. The summed E-state index contributed by atoms with van der Waals surface area (Å²) in [5.41, 5.74) is 1.42. The van der Waals surface area contributed by atoms with Gasteiger partial charge in [-0.25, -0.2) is 9.97 Å². The van der Waals surface area contributed by atoms with Gasteiger partial charge in [-0.3, -0.25) is 9.59 Å². The molecule has 1 saturated carbocycles. The molecule has 2 aromatic heterocycles. The number of carbonyl (C=O) groups excluding carboxylic acids is 1. The number of carbonyl (C=O) groups is 1. The van der Waals surface area contributed by atoms with Crippen molar-refractivity contribution >= 4 is 17.5 Å². The number of aromatic nitrogens is 3. The topological polar surface area (TPSA) is 80.1 Å². The van der Waals surface area contributed by atoms with Gasteiger partial charge >= 0.3 is 0 Å². The van der Waals surface area contributed by atoms with Gasteiger partial charge in [0.1, 0.15) is 5.69 Å². The van der Waals surface area contributed by atoms with Crippen molar-refractivity contribution in [2.75, 3.05) is 23.3 Å². The van der Waals surface area contributed by atoms with Crippen molar-refractivity contribution < 1.29 is 4.79 Å². The molecule has 2 fully saturated rings. The van der Waals surface area contributed by atoms with Gasteiger partial charge in [0.15, 0.2) is 0 Å². The molecule has 0 radical (unpaired) electrons. The lowest BCUT2D eigenvalue weighted by atomic mass is 9.83. The van der Waals surface area contributed by atoms with E-state index in [1.165, 1.54) is 6.42 Å². The summed E-state index contributed by atoms with van der Waals surface area (Å²) in [6, 6.07) is 5.65. The highest BCUT2D eigenvalue weighted by atomic mass is 16.2. The smallest absolute Gasteiger partial charge is 0.274 e. The van der Waals surface area contributed by atoms with Crippen LogP contribution in [0.25, 0.3) is 0 Å². The van der Waals surface area contributed by atoms with Gasteiger partial charge in [-0.1, -0.05) is 19.3 Å². The maximum Gasteiger partial charge on any atom is 0.274 e. The molecule has 5 rings (SSSR count). The second kappa shape index (κ2) is 7.61. The Morgan fingerprint density at radius 2 is 1.83 bits per heavy atom. The summed E-state index contributed by atoms with van der Waals surface area (Å²) in [4.78, 5) is 36.7. The third kappa shape index (κ3) is 3.54. The lowest BCUT2D eigenvalue weighted by Gasteiger charge is -2.42. The lowest BCUT2D eigenvalue weighted by Crippen LogP contribution is -2.48. The number of pyridine rings is 1. The molecule has 2 bridgehead atoms. The fraction of sp³-hybridized carbons (Fsp3) is 0.545. The Morgan fingerprint density at radius 3 is 2.62 bits per heavy atom. The Hall–Kier alpha value is -2.70. The molecule has 7 heteroatoms. The van der Waals surface area contributed by atoms with Crippen molar-refractivity contribution in [3.05, 3.63) is 46.6 Å². The van der Waals surface area contributed by atoms with Gasteiger partial charge in [0, 0.05) is 49.6 Å². The molecular weight excluding hydrogens is 366 g/mol. The number of nitrogens with one attached hydrogen (secondary N) is 1. The summed E-state index contributed by atoms with van der Waals surface area (Å²) in [7, 11) is 0. The average molecular weight is 393 g/mol. The summed E-state index contributed by atoms with van der Waals surface area (Å²) in [5, 5.41) is 2.93. The van der Waals surface area contributed by atoms with Crippen LogP contribution < -0.4 is 15.8 Å². The first-order chi connectivity index (χ1) is 14.2. The highest BCUT2D eigenvalue weighted by Gasteiger charge is 2.36. The molecule has 7 nitrogen and oxygen atoms in total. The predicted octanol–water partition coefficient (Wildman–Crippen LogP) is 2.78. The van der Waals surface area contributed by atoms with E-state index in [1.807, 2.05) is 16.7 Å². The second-order valence-electron chi connectivity index (χ2n) is 8.66. The molecule has 152 valence electrons. The zero-order valence-electron chi connectivity index (χ0n) is 16.6. The highest BCUT2D eigenvalue weighted by molar-refractivity contribution is 5.92.